The van der Waals surface area contributed by atoms with E-state index in [2.05, 4.69) is 17.6 Å². The molecule has 0 bridgehead atoms. The van der Waals surface area contributed by atoms with E-state index in [4.69, 9.17) is 0 Å². The van der Waals surface area contributed by atoms with Crippen LogP contribution in [0.3, 0.4) is 0 Å². The van der Waals surface area contributed by atoms with E-state index in [1.165, 1.54) is 11.3 Å². The molecule has 0 spiro atoms. The molecule has 0 atom stereocenters. The number of hydrogen-bond donors (Lipinski definition) is 0. The molecule has 2 aromatic carbocycles. The van der Waals surface area contributed by atoms with Gasteiger partial charge in [0.05, 0.1) is 20.9 Å². The molecule has 0 aliphatic rings. The maximum absolute atomic E-state index is 12.4. The molecule has 0 saturated carbocycles. The van der Waals surface area contributed by atoms with Crippen LogP contribution in [0.5, 0.6) is 0 Å². The van der Waals surface area contributed by atoms with Gasteiger partial charge in [0.1, 0.15) is 0 Å². The van der Waals surface area contributed by atoms with Crippen LogP contribution >= 0.6 is 23.1 Å². The Kier molecular flexibility index (Phi) is 7.33. The van der Waals surface area contributed by atoms with Crippen LogP contribution in [-0.2, 0) is 21.2 Å². The van der Waals surface area contributed by atoms with Gasteiger partial charge in [-0.3, -0.25) is 4.79 Å². The first-order valence-electron chi connectivity index (χ1n) is 9.49. The highest BCUT2D eigenvalue weighted by atomic mass is 32.2. The SMILES string of the molecule is C=CCn1c(=NC(=O)CCCS(=O)(=O)c2ccc(C)cc2)sc2cc(SC)ccc21. The summed E-state index contributed by atoms with van der Waals surface area (Å²) in [5, 5.41) is 0. The van der Waals surface area contributed by atoms with Crippen molar-refractivity contribution in [1.82, 2.24) is 4.57 Å². The van der Waals surface area contributed by atoms with Gasteiger partial charge in [-0.15, -0.1) is 18.3 Å². The molecule has 0 aliphatic heterocycles. The zero-order chi connectivity index (χ0) is 21.7. The summed E-state index contributed by atoms with van der Waals surface area (Å²) >= 11 is 3.12. The molecular weight excluding hydrogens is 436 g/mol. The van der Waals surface area contributed by atoms with Crippen LogP contribution in [0.1, 0.15) is 18.4 Å². The van der Waals surface area contributed by atoms with E-state index in [1.807, 2.05) is 29.9 Å². The Bertz CT molecular complexity index is 1240. The number of rotatable bonds is 8. The fourth-order valence-corrected chi connectivity index (χ4v) is 5.93. The van der Waals surface area contributed by atoms with Crippen molar-refractivity contribution in [2.24, 2.45) is 4.99 Å². The largest absolute Gasteiger partial charge is 0.313 e. The fourth-order valence-electron chi connectivity index (χ4n) is 3.01. The van der Waals surface area contributed by atoms with Gasteiger partial charge < -0.3 is 4.57 Å². The van der Waals surface area contributed by atoms with Crippen LogP contribution in [0.25, 0.3) is 10.2 Å². The summed E-state index contributed by atoms with van der Waals surface area (Å²) in [4.78, 5) is 18.7. The minimum absolute atomic E-state index is 0.0759. The van der Waals surface area contributed by atoms with Gasteiger partial charge in [-0.25, -0.2) is 8.42 Å². The number of carbonyl (C=O) groups is 1. The number of thioether (sulfide) groups is 1. The third-order valence-corrected chi connectivity index (χ3v) is 8.19. The number of nitrogens with zero attached hydrogens (tertiary/aromatic N) is 2. The monoisotopic (exact) mass is 460 g/mol. The van der Waals surface area contributed by atoms with Crippen LogP contribution in [0, 0.1) is 6.92 Å². The van der Waals surface area contributed by atoms with Gasteiger partial charge in [0.2, 0.25) is 5.91 Å². The third-order valence-electron chi connectivity index (χ3n) is 4.61. The van der Waals surface area contributed by atoms with Crippen molar-refractivity contribution >= 4 is 49.1 Å². The summed E-state index contributed by atoms with van der Waals surface area (Å²) in [6, 6.07) is 12.9. The van der Waals surface area contributed by atoms with Crippen LogP contribution in [0.4, 0.5) is 0 Å². The Labute approximate surface area is 185 Å². The summed E-state index contributed by atoms with van der Waals surface area (Å²) < 4.78 is 27.9. The molecule has 5 nitrogen and oxygen atoms in total. The quantitative estimate of drug-likeness (QED) is 0.364. The van der Waals surface area contributed by atoms with Gasteiger partial charge in [-0.2, -0.15) is 4.99 Å². The van der Waals surface area contributed by atoms with Crippen LogP contribution in [0.15, 0.2) is 69.9 Å². The number of hydrogen-bond acceptors (Lipinski definition) is 5. The zero-order valence-corrected chi connectivity index (χ0v) is 19.4. The molecule has 0 aliphatic carbocycles. The van der Waals surface area contributed by atoms with Gasteiger partial charge in [-0.05, 0) is 49.9 Å². The van der Waals surface area contributed by atoms with Crippen molar-refractivity contribution in [2.75, 3.05) is 12.0 Å². The third kappa shape index (κ3) is 5.30. The van der Waals surface area contributed by atoms with E-state index >= 15 is 0 Å². The van der Waals surface area contributed by atoms with Crippen molar-refractivity contribution < 1.29 is 13.2 Å². The standard InChI is InChI=1S/C22H24N2O3S3/c1-4-13-24-19-12-9-17(28-3)15-20(19)29-22(24)23-21(25)6-5-14-30(26,27)18-10-7-16(2)8-11-18/h4,7-12,15H,1,5-6,13-14H2,2-3H3. The number of carbonyl (C=O) groups excluding carboxylic acids is 1. The van der Waals surface area contributed by atoms with E-state index in [1.54, 1.807) is 42.1 Å². The number of sulfone groups is 1. The molecule has 30 heavy (non-hydrogen) atoms. The summed E-state index contributed by atoms with van der Waals surface area (Å²) in [6.07, 6.45) is 4.11. The minimum atomic E-state index is -3.40. The molecule has 158 valence electrons. The molecule has 1 heterocycles. The van der Waals surface area contributed by atoms with E-state index in [9.17, 15) is 13.2 Å². The fraction of sp³-hybridized carbons (Fsp3) is 0.273. The lowest BCUT2D eigenvalue weighted by atomic mass is 10.2. The van der Waals surface area contributed by atoms with Crippen molar-refractivity contribution in [3.63, 3.8) is 0 Å². The Morgan fingerprint density at radius 3 is 2.63 bits per heavy atom. The summed E-state index contributed by atoms with van der Waals surface area (Å²) in [7, 11) is -3.40. The maximum Gasteiger partial charge on any atom is 0.248 e. The molecule has 8 heteroatoms. The van der Waals surface area contributed by atoms with Gasteiger partial charge in [0, 0.05) is 17.9 Å². The van der Waals surface area contributed by atoms with Crippen molar-refractivity contribution in [3.8, 4) is 0 Å². The number of amides is 1. The molecule has 0 radical (unpaired) electrons. The lowest BCUT2D eigenvalue weighted by Gasteiger charge is -2.04. The molecule has 0 unspecified atom stereocenters. The highest BCUT2D eigenvalue weighted by Gasteiger charge is 2.15. The van der Waals surface area contributed by atoms with E-state index in [0.29, 0.717) is 11.3 Å². The van der Waals surface area contributed by atoms with Crippen molar-refractivity contribution in [1.29, 1.82) is 0 Å². The average Bonchev–Trinajstić information content (AvgIpc) is 3.04. The topological polar surface area (TPSA) is 68.5 Å². The first-order chi connectivity index (χ1) is 14.3. The molecule has 3 rings (SSSR count). The molecule has 1 amide bonds. The molecule has 1 aromatic heterocycles. The molecule has 0 saturated heterocycles. The van der Waals surface area contributed by atoms with Gasteiger partial charge in [-0.1, -0.05) is 35.1 Å². The molecular formula is C22H24N2O3S3. The maximum atomic E-state index is 12.4. The number of aryl methyl sites for hydroxylation is 1. The van der Waals surface area contributed by atoms with Crippen molar-refractivity contribution in [2.45, 2.75) is 36.1 Å². The van der Waals surface area contributed by atoms with Gasteiger partial charge in [0.25, 0.3) is 0 Å². The van der Waals surface area contributed by atoms with Gasteiger partial charge in [0.15, 0.2) is 14.6 Å². The Balaban J connectivity index is 1.76. The minimum Gasteiger partial charge on any atom is -0.313 e. The second-order valence-electron chi connectivity index (χ2n) is 6.86. The predicted octanol–water partition coefficient (Wildman–Crippen LogP) is 4.60. The first kappa shape index (κ1) is 22.5. The molecule has 0 fully saturated rings. The van der Waals surface area contributed by atoms with Crippen LogP contribution < -0.4 is 4.80 Å². The number of benzene rings is 2. The van der Waals surface area contributed by atoms with E-state index in [-0.39, 0.29) is 29.4 Å². The lowest BCUT2D eigenvalue weighted by Crippen LogP contribution is -2.16. The summed E-state index contributed by atoms with van der Waals surface area (Å²) in [5.74, 6) is -0.392. The highest BCUT2D eigenvalue weighted by molar-refractivity contribution is 7.98. The smallest absolute Gasteiger partial charge is 0.248 e. The van der Waals surface area contributed by atoms with Crippen LogP contribution in [-0.4, -0.2) is 30.9 Å². The Hall–Kier alpha value is -2.16. The van der Waals surface area contributed by atoms with Crippen LogP contribution in [0.2, 0.25) is 0 Å². The normalized spacial score (nSPS) is 12.4. The molecule has 0 N–H and O–H groups in total. The molecule has 3 aromatic rings. The second-order valence-corrected chi connectivity index (χ2v) is 10.9. The number of aromatic nitrogens is 1. The highest BCUT2D eigenvalue weighted by Crippen LogP contribution is 2.24. The van der Waals surface area contributed by atoms with E-state index < -0.39 is 9.84 Å². The zero-order valence-electron chi connectivity index (χ0n) is 17.0. The average molecular weight is 461 g/mol. The number of thiazole rings is 1. The summed E-state index contributed by atoms with van der Waals surface area (Å²) in [5.41, 5.74) is 2.01. The van der Waals surface area contributed by atoms with E-state index in [0.717, 1.165) is 20.7 Å². The first-order valence-corrected chi connectivity index (χ1v) is 13.2. The van der Waals surface area contributed by atoms with Crippen molar-refractivity contribution in [3.05, 3.63) is 65.5 Å². The lowest BCUT2D eigenvalue weighted by molar-refractivity contribution is -0.118. The van der Waals surface area contributed by atoms with Gasteiger partial charge >= 0.3 is 0 Å². The Morgan fingerprint density at radius 1 is 1.23 bits per heavy atom. The summed E-state index contributed by atoms with van der Waals surface area (Å²) in [6.45, 7) is 6.25. The number of allylic oxidation sites excluding steroid dienone is 1. The number of fused-ring (bicyclic) bond motifs is 1. The second kappa shape index (κ2) is 9.76. The Morgan fingerprint density at radius 2 is 1.97 bits per heavy atom. The predicted molar refractivity (Wildman–Crippen MR) is 125 cm³/mol.